The molecule has 0 saturated heterocycles. The van der Waals surface area contributed by atoms with Crippen LogP contribution in [0.25, 0.3) is 0 Å². The second kappa shape index (κ2) is 5.96. The first-order valence-electron chi connectivity index (χ1n) is 6.89. The molecule has 0 spiro atoms. The van der Waals surface area contributed by atoms with E-state index in [4.69, 9.17) is 0 Å². The summed E-state index contributed by atoms with van der Waals surface area (Å²) in [5, 5.41) is 5.49. The summed E-state index contributed by atoms with van der Waals surface area (Å²) in [6.45, 7) is 0. The van der Waals surface area contributed by atoms with Gasteiger partial charge in [-0.25, -0.2) is 4.39 Å². The first kappa shape index (κ1) is 14.2. The Bertz CT molecular complexity index is 610. The zero-order valence-corrected chi connectivity index (χ0v) is 13.7. The summed E-state index contributed by atoms with van der Waals surface area (Å²) in [6, 6.07) is 7.44. The normalized spacial score (nSPS) is 19.6. The van der Waals surface area contributed by atoms with Crippen LogP contribution in [0.1, 0.15) is 40.8 Å². The predicted octanol–water partition coefficient (Wildman–Crippen LogP) is 5.03. The maximum Gasteiger partial charge on any atom is 0.128 e. The standard InChI is InChI=1S/C16H17BrFNS/c1-19-16(13-9-10(17)5-6-14(13)18)12-3-2-4-15-11(12)7-8-20-15/h5-9,12,16,19H,2-4H2,1H3. The number of benzene rings is 1. The number of rotatable bonds is 3. The van der Waals surface area contributed by atoms with Crippen LogP contribution in [0.15, 0.2) is 34.1 Å². The predicted molar refractivity (Wildman–Crippen MR) is 85.9 cm³/mol. The van der Waals surface area contributed by atoms with Crippen LogP contribution in [0, 0.1) is 5.82 Å². The molecule has 4 heteroatoms. The summed E-state index contributed by atoms with van der Waals surface area (Å²) in [7, 11) is 1.92. The van der Waals surface area contributed by atoms with Crippen LogP contribution in [-0.4, -0.2) is 7.05 Å². The molecule has 0 fully saturated rings. The van der Waals surface area contributed by atoms with Crippen molar-refractivity contribution in [3.63, 3.8) is 0 Å². The largest absolute Gasteiger partial charge is 0.312 e. The van der Waals surface area contributed by atoms with E-state index in [9.17, 15) is 4.39 Å². The van der Waals surface area contributed by atoms with Crippen molar-refractivity contribution in [3.8, 4) is 0 Å². The third-order valence-corrected chi connectivity index (χ3v) is 5.59. The smallest absolute Gasteiger partial charge is 0.128 e. The first-order chi connectivity index (χ1) is 9.70. The molecule has 0 radical (unpaired) electrons. The van der Waals surface area contributed by atoms with Gasteiger partial charge in [-0.3, -0.25) is 0 Å². The fourth-order valence-corrected chi connectivity index (χ4v) is 4.57. The molecule has 1 aromatic carbocycles. The number of likely N-dealkylation sites (N-methyl/N-ethyl adjacent to an activating group) is 1. The van der Waals surface area contributed by atoms with E-state index in [1.54, 1.807) is 12.1 Å². The number of hydrogen-bond acceptors (Lipinski definition) is 2. The number of hydrogen-bond donors (Lipinski definition) is 1. The Morgan fingerprint density at radius 2 is 2.25 bits per heavy atom. The van der Waals surface area contributed by atoms with E-state index in [1.165, 1.54) is 23.3 Å². The Hall–Kier alpha value is -0.710. The average molecular weight is 354 g/mol. The van der Waals surface area contributed by atoms with Gasteiger partial charge in [-0.05, 0) is 61.5 Å². The summed E-state index contributed by atoms with van der Waals surface area (Å²) in [6.07, 6.45) is 3.47. The summed E-state index contributed by atoms with van der Waals surface area (Å²) < 4.78 is 15.1. The highest BCUT2D eigenvalue weighted by Crippen LogP contribution is 2.43. The van der Waals surface area contributed by atoms with Gasteiger partial charge in [0.25, 0.3) is 0 Å². The van der Waals surface area contributed by atoms with Crippen LogP contribution in [0.5, 0.6) is 0 Å². The molecule has 0 amide bonds. The number of thiophene rings is 1. The molecule has 1 N–H and O–H groups in total. The van der Waals surface area contributed by atoms with Crippen molar-refractivity contribution in [3.05, 3.63) is 55.9 Å². The second-order valence-corrected chi connectivity index (χ2v) is 7.15. The van der Waals surface area contributed by atoms with Crippen LogP contribution in [0.3, 0.4) is 0 Å². The third kappa shape index (κ3) is 2.57. The minimum Gasteiger partial charge on any atom is -0.312 e. The van der Waals surface area contributed by atoms with Crippen molar-refractivity contribution in [2.24, 2.45) is 0 Å². The van der Waals surface area contributed by atoms with Gasteiger partial charge in [-0.15, -0.1) is 11.3 Å². The number of aryl methyl sites for hydroxylation is 1. The highest BCUT2D eigenvalue weighted by Gasteiger charge is 2.30. The molecule has 3 rings (SSSR count). The molecule has 2 unspecified atom stereocenters. The Kier molecular flexibility index (Phi) is 4.24. The Morgan fingerprint density at radius 3 is 3.05 bits per heavy atom. The molecule has 0 bridgehead atoms. The molecular formula is C16H17BrFNS. The number of halogens is 2. The second-order valence-electron chi connectivity index (χ2n) is 5.23. The van der Waals surface area contributed by atoms with Gasteiger partial charge >= 0.3 is 0 Å². The van der Waals surface area contributed by atoms with Gasteiger partial charge < -0.3 is 5.32 Å². The molecule has 0 saturated carbocycles. The van der Waals surface area contributed by atoms with E-state index in [0.29, 0.717) is 5.92 Å². The van der Waals surface area contributed by atoms with Gasteiger partial charge in [0, 0.05) is 26.9 Å². The Balaban J connectivity index is 2.01. The van der Waals surface area contributed by atoms with Crippen molar-refractivity contribution >= 4 is 27.3 Å². The monoisotopic (exact) mass is 353 g/mol. The minimum absolute atomic E-state index is 0.0288. The van der Waals surface area contributed by atoms with Gasteiger partial charge in [0.05, 0.1) is 0 Å². The average Bonchev–Trinajstić information content (AvgIpc) is 2.92. The molecule has 1 heterocycles. The lowest BCUT2D eigenvalue weighted by Gasteiger charge is -2.31. The maximum absolute atomic E-state index is 14.2. The van der Waals surface area contributed by atoms with Crippen LogP contribution in [0.4, 0.5) is 4.39 Å². The number of nitrogens with one attached hydrogen (secondary N) is 1. The molecular weight excluding hydrogens is 337 g/mol. The van der Waals surface area contributed by atoms with Crippen molar-refractivity contribution in [1.29, 1.82) is 0 Å². The molecule has 20 heavy (non-hydrogen) atoms. The Labute approximate surface area is 131 Å². The maximum atomic E-state index is 14.2. The first-order valence-corrected chi connectivity index (χ1v) is 8.56. The fourth-order valence-electron chi connectivity index (χ4n) is 3.19. The minimum atomic E-state index is -0.130. The van der Waals surface area contributed by atoms with Gasteiger partial charge in [-0.2, -0.15) is 0 Å². The van der Waals surface area contributed by atoms with E-state index in [-0.39, 0.29) is 11.9 Å². The highest BCUT2D eigenvalue weighted by molar-refractivity contribution is 9.10. The fraction of sp³-hybridized carbons (Fsp3) is 0.375. The molecule has 106 valence electrons. The van der Waals surface area contributed by atoms with Crippen LogP contribution in [-0.2, 0) is 6.42 Å². The summed E-state index contributed by atoms with van der Waals surface area (Å²) in [5.41, 5.74) is 2.16. The van der Waals surface area contributed by atoms with E-state index >= 15 is 0 Å². The van der Waals surface area contributed by atoms with Gasteiger partial charge in [0.2, 0.25) is 0 Å². The topological polar surface area (TPSA) is 12.0 Å². The van der Waals surface area contributed by atoms with Crippen LogP contribution < -0.4 is 5.32 Å². The van der Waals surface area contributed by atoms with E-state index in [1.807, 2.05) is 24.5 Å². The van der Waals surface area contributed by atoms with Gasteiger partial charge in [-0.1, -0.05) is 15.9 Å². The highest BCUT2D eigenvalue weighted by atomic mass is 79.9. The SMILES string of the molecule is CNC(c1cc(Br)ccc1F)C1CCCc2sccc21. The van der Waals surface area contributed by atoms with Crippen molar-refractivity contribution in [2.75, 3.05) is 7.05 Å². The molecule has 2 atom stereocenters. The van der Waals surface area contributed by atoms with Crippen LogP contribution in [0.2, 0.25) is 0 Å². The van der Waals surface area contributed by atoms with Crippen molar-refractivity contribution < 1.29 is 4.39 Å². The van der Waals surface area contributed by atoms with E-state index < -0.39 is 0 Å². The molecule has 1 nitrogen and oxygen atoms in total. The van der Waals surface area contributed by atoms with Crippen molar-refractivity contribution in [2.45, 2.75) is 31.2 Å². The quantitative estimate of drug-likeness (QED) is 0.815. The number of fused-ring (bicyclic) bond motifs is 1. The van der Waals surface area contributed by atoms with Crippen molar-refractivity contribution in [1.82, 2.24) is 5.32 Å². The zero-order chi connectivity index (χ0) is 14.1. The van der Waals surface area contributed by atoms with E-state index in [2.05, 4.69) is 32.7 Å². The van der Waals surface area contributed by atoms with Gasteiger partial charge in [0.15, 0.2) is 0 Å². The lowest BCUT2D eigenvalue weighted by molar-refractivity contribution is 0.414. The Morgan fingerprint density at radius 1 is 1.40 bits per heavy atom. The molecule has 2 aromatic rings. The zero-order valence-electron chi connectivity index (χ0n) is 11.3. The molecule has 1 aliphatic carbocycles. The third-order valence-electron chi connectivity index (χ3n) is 4.10. The molecule has 0 aliphatic heterocycles. The summed E-state index contributed by atoms with van der Waals surface area (Å²) >= 11 is 5.28. The lowest BCUT2D eigenvalue weighted by atomic mass is 9.80. The lowest BCUT2D eigenvalue weighted by Crippen LogP contribution is -2.27. The van der Waals surface area contributed by atoms with Gasteiger partial charge in [0.1, 0.15) is 5.82 Å². The van der Waals surface area contributed by atoms with E-state index in [0.717, 1.165) is 16.5 Å². The molecule has 1 aliphatic rings. The summed E-state index contributed by atoms with van der Waals surface area (Å²) in [5.74, 6) is 0.230. The summed E-state index contributed by atoms with van der Waals surface area (Å²) in [4.78, 5) is 1.47. The van der Waals surface area contributed by atoms with Crippen LogP contribution >= 0.6 is 27.3 Å². The molecule has 1 aromatic heterocycles.